The van der Waals surface area contributed by atoms with Gasteiger partial charge in [-0.1, -0.05) is 0 Å². The topological polar surface area (TPSA) is 113 Å². The maximum absolute atomic E-state index is 8.88. The fourth-order valence-corrected chi connectivity index (χ4v) is 0. The second kappa shape index (κ2) is 4.58. The van der Waals surface area contributed by atoms with Crippen LogP contribution in [-0.2, 0) is 4.57 Å². The molecule has 0 aliphatic heterocycles. The van der Waals surface area contributed by atoms with E-state index in [0.29, 0.717) is 0 Å². The molecule has 0 spiro atoms. The van der Waals surface area contributed by atoms with E-state index in [1.165, 1.54) is 0 Å². The van der Waals surface area contributed by atoms with E-state index in [9.17, 15) is 0 Å². The molecule has 0 unspecified atom stereocenters. The highest BCUT2D eigenvalue weighted by Gasteiger charge is 2.00. The van der Waals surface area contributed by atoms with E-state index in [2.05, 4.69) is 0 Å². The average Bonchev–Trinajstić information content (AvgIpc) is 0.722. The Labute approximate surface area is 47.6 Å². The Morgan fingerprint density at radius 1 is 1.14 bits per heavy atom. The number of hydrogen-bond acceptors (Lipinski definition) is 2. The van der Waals surface area contributed by atoms with Gasteiger partial charge in [0.25, 0.3) is 0 Å². The minimum absolute atomic E-state index is 0. The number of hydrogen-bond donors (Lipinski definition) is 4. The lowest BCUT2D eigenvalue weighted by Gasteiger charge is -1.82. The summed E-state index contributed by atoms with van der Waals surface area (Å²) in [5, 5.41) is 0. The molecule has 0 aliphatic carbocycles. The summed E-state index contributed by atoms with van der Waals surface area (Å²) < 4.78 is 8.88. The summed E-state index contributed by atoms with van der Waals surface area (Å²) in [6, 6.07) is 0. The number of phosphoric acid groups is 1. The van der Waals surface area contributed by atoms with Gasteiger partial charge in [-0.25, -0.2) is 4.57 Å². The van der Waals surface area contributed by atoms with Crippen molar-refractivity contribution in [3.63, 3.8) is 0 Å². The SMILES string of the molecule is N.O=P(O)(O)O.[S]. The fourth-order valence-electron chi connectivity index (χ4n) is 0. The molecule has 0 amide bonds. The summed E-state index contributed by atoms with van der Waals surface area (Å²) in [5.74, 6) is 0. The Bertz CT molecular complexity index is 57.8. The average molecular weight is 147 g/mol. The van der Waals surface area contributed by atoms with Gasteiger partial charge in [0.2, 0.25) is 0 Å². The van der Waals surface area contributed by atoms with Gasteiger partial charge in [-0.2, -0.15) is 0 Å². The number of rotatable bonds is 0. The van der Waals surface area contributed by atoms with Crippen LogP contribution >= 0.6 is 21.3 Å². The van der Waals surface area contributed by atoms with Gasteiger partial charge in [-0.15, -0.1) is 0 Å². The molecule has 6 N–H and O–H groups in total. The van der Waals surface area contributed by atoms with Crippen molar-refractivity contribution in [1.82, 2.24) is 6.15 Å². The van der Waals surface area contributed by atoms with E-state index >= 15 is 0 Å². The van der Waals surface area contributed by atoms with E-state index in [-0.39, 0.29) is 19.6 Å². The molecule has 7 heavy (non-hydrogen) atoms. The standard InChI is InChI=1S/H3N.H3O4P.S/c;1-5(2,3)4;/h1H3;(H3,1,2,3,4);. The molecule has 0 heterocycles. The zero-order valence-electron chi connectivity index (χ0n) is 3.31. The first-order valence-corrected chi connectivity index (χ1v) is 2.35. The molecule has 0 rings (SSSR count). The summed E-state index contributed by atoms with van der Waals surface area (Å²) in [5.41, 5.74) is 0. The first-order valence-electron chi connectivity index (χ1n) is 0.783. The lowest BCUT2D eigenvalue weighted by atomic mass is 14.0. The molecular weight excluding hydrogens is 141 g/mol. The molecular formula is H6NO4PS. The molecule has 0 saturated heterocycles. The van der Waals surface area contributed by atoms with Gasteiger partial charge in [0.1, 0.15) is 0 Å². The Hall–Kier alpha value is 0.420. The Morgan fingerprint density at radius 2 is 1.14 bits per heavy atom. The quantitative estimate of drug-likeness (QED) is 0.357. The lowest BCUT2D eigenvalue weighted by molar-refractivity contribution is 0.275. The molecule has 0 saturated carbocycles. The second-order valence-electron chi connectivity index (χ2n) is 0.513. The maximum Gasteiger partial charge on any atom is 0.466 e. The van der Waals surface area contributed by atoms with Crippen molar-refractivity contribution in [1.29, 1.82) is 0 Å². The summed E-state index contributed by atoms with van der Waals surface area (Å²) in [6.07, 6.45) is 0. The summed E-state index contributed by atoms with van der Waals surface area (Å²) in [6.45, 7) is 0. The normalized spacial score (nSPS) is 8.43. The summed E-state index contributed by atoms with van der Waals surface area (Å²) >= 11 is 0. The van der Waals surface area contributed by atoms with Crippen molar-refractivity contribution in [2.45, 2.75) is 0 Å². The van der Waals surface area contributed by atoms with Crippen LogP contribution < -0.4 is 6.15 Å². The van der Waals surface area contributed by atoms with Crippen LogP contribution in [0, 0.1) is 0 Å². The van der Waals surface area contributed by atoms with Gasteiger partial charge in [0.05, 0.1) is 0 Å². The molecule has 0 aromatic heterocycles. The maximum atomic E-state index is 8.88. The first-order chi connectivity index (χ1) is 2.00. The van der Waals surface area contributed by atoms with E-state index in [0.717, 1.165) is 0 Å². The lowest BCUT2D eigenvalue weighted by Crippen LogP contribution is -1.66. The first kappa shape index (κ1) is 15.7. The largest absolute Gasteiger partial charge is 0.466 e. The third-order valence-electron chi connectivity index (χ3n) is 0. The van der Waals surface area contributed by atoms with Crippen molar-refractivity contribution in [3.05, 3.63) is 0 Å². The van der Waals surface area contributed by atoms with Crippen LogP contribution in [0.3, 0.4) is 0 Å². The third kappa shape index (κ3) is 711. The van der Waals surface area contributed by atoms with E-state index in [4.69, 9.17) is 19.2 Å². The molecule has 46 valence electrons. The Balaban J connectivity index is -0.0000000800. The summed E-state index contributed by atoms with van der Waals surface area (Å²) in [7, 11) is -4.64. The van der Waals surface area contributed by atoms with Gasteiger partial charge in [0, 0.05) is 13.5 Å². The van der Waals surface area contributed by atoms with Gasteiger partial charge >= 0.3 is 7.82 Å². The van der Waals surface area contributed by atoms with Crippen LogP contribution in [0.4, 0.5) is 0 Å². The second-order valence-corrected chi connectivity index (χ2v) is 1.54. The fraction of sp³-hybridized carbons (Fsp3) is 0. The van der Waals surface area contributed by atoms with E-state index in [1.807, 2.05) is 0 Å². The molecule has 5 nitrogen and oxygen atoms in total. The molecule has 0 atom stereocenters. The van der Waals surface area contributed by atoms with Crippen LogP contribution in [0.15, 0.2) is 0 Å². The molecule has 0 aliphatic rings. The minimum atomic E-state index is -4.64. The zero-order chi connectivity index (χ0) is 4.50. The highest BCUT2D eigenvalue weighted by atomic mass is 32.1. The summed E-state index contributed by atoms with van der Waals surface area (Å²) in [4.78, 5) is 21.6. The monoisotopic (exact) mass is 147 g/mol. The minimum Gasteiger partial charge on any atom is -0.344 e. The van der Waals surface area contributed by atoms with Crippen LogP contribution in [0.5, 0.6) is 0 Å². The van der Waals surface area contributed by atoms with Crippen molar-refractivity contribution in [2.24, 2.45) is 0 Å². The van der Waals surface area contributed by atoms with Crippen molar-refractivity contribution < 1.29 is 19.2 Å². The van der Waals surface area contributed by atoms with Gasteiger partial charge in [0.15, 0.2) is 0 Å². The van der Waals surface area contributed by atoms with Gasteiger partial charge in [-0.3, -0.25) is 0 Å². The van der Waals surface area contributed by atoms with Crippen LogP contribution in [-0.4, -0.2) is 14.7 Å². The Kier molecular flexibility index (Phi) is 10.2. The highest BCUT2D eigenvalue weighted by molar-refractivity contribution is 7.59. The highest BCUT2D eigenvalue weighted by Crippen LogP contribution is 2.25. The van der Waals surface area contributed by atoms with Gasteiger partial charge < -0.3 is 20.8 Å². The third-order valence-corrected chi connectivity index (χ3v) is 0. The van der Waals surface area contributed by atoms with E-state index in [1.54, 1.807) is 0 Å². The molecule has 0 bridgehead atoms. The Morgan fingerprint density at radius 3 is 1.14 bits per heavy atom. The zero-order valence-corrected chi connectivity index (χ0v) is 5.02. The van der Waals surface area contributed by atoms with Crippen LogP contribution in [0.25, 0.3) is 0 Å². The predicted molar refractivity (Wildman–Crippen MR) is 26.9 cm³/mol. The molecule has 0 fully saturated rings. The van der Waals surface area contributed by atoms with Crippen molar-refractivity contribution in [3.8, 4) is 0 Å². The molecule has 7 heteroatoms. The van der Waals surface area contributed by atoms with Crippen molar-refractivity contribution >= 4 is 21.3 Å². The molecule has 2 radical (unpaired) electrons. The van der Waals surface area contributed by atoms with Crippen LogP contribution in [0.2, 0.25) is 0 Å². The van der Waals surface area contributed by atoms with Crippen LogP contribution in [0.1, 0.15) is 0 Å². The predicted octanol–water partition coefficient (Wildman–Crippen LogP) is -0.118. The van der Waals surface area contributed by atoms with Gasteiger partial charge in [-0.05, 0) is 0 Å². The van der Waals surface area contributed by atoms with E-state index < -0.39 is 7.82 Å². The smallest absolute Gasteiger partial charge is 0.344 e. The van der Waals surface area contributed by atoms with Crippen molar-refractivity contribution in [2.75, 3.05) is 0 Å². The molecule has 0 aromatic carbocycles. The molecule has 0 aromatic rings.